The second-order valence-electron chi connectivity index (χ2n) is 8.00. The van der Waals surface area contributed by atoms with Gasteiger partial charge in [-0.2, -0.15) is 0 Å². The number of nitrogens with zero attached hydrogens (tertiary/aromatic N) is 1. The predicted octanol–water partition coefficient (Wildman–Crippen LogP) is 2.65. The molecule has 5 heteroatoms. The molecule has 4 atom stereocenters. The molecule has 2 aromatic rings. The van der Waals surface area contributed by atoms with Crippen LogP contribution in [-0.2, 0) is 4.79 Å². The molecule has 146 valence electrons. The van der Waals surface area contributed by atoms with E-state index in [4.69, 9.17) is 5.73 Å². The Morgan fingerprint density at radius 1 is 0.926 bits per heavy atom. The van der Waals surface area contributed by atoms with Crippen molar-refractivity contribution in [1.82, 2.24) is 4.90 Å². The van der Waals surface area contributed by atoms with Crippen molar-refractivity contribution in [2.45, 2.75) is 45.1 Å². The third kappa shape index (κ3) is 4.95. The molecule has 4 N–H and O–H groups in total. The van der Waals surface area contributed by atoms with E-state index in [1.165, 1.54) is 4.90 Å². The van der Waals surface area contributed by atoms with Gasteiger partial charge < -0.3 is 20.8 Å². The fourth-order valence-corrected chi connectivity index (χ4v) is 3.15. The second-order valence-corrected chi connectivity index (χ2v) is 8.00. The highest BCUT2D eigenvalue weighted by Crippen LogP contribution is 2.34. The van der Waals surface area contributed by atoms with Gasteiger partial charge in [-0.05, 0) is 16.5 Å². The zero-order valence-corrected chi connectivity index (χ0v) is 16.4. The number of nitrogens with two attached hydrogens (primary N) is 1. The van der Waals surface area contributed by atoms with Crippen LogP contribution >= 0.6 is 0 Å². The standard InChI is InChI=1S/C22H30N2O3/c1-22(2,3)20(26)17(23)21(27)24(4)18(15-11-7-5-8-12-15)19(25)16-13-9-6-10-14-16/h5-14,17-20,25-26H,23H2,1-4H3. The average molecular weight is 370 g/mol. The first-order chi connectivity index (χ1) is 12.6. The molecule has 0 aliphatic carbocycles. The molecule has 0 bridgehead atoms. The number of aliphatic hydroxyl groups excluding tert-OH is 2. The number of likely N-dealkylation sites (N-methyl/N-ethyl adjacent to an activating group) is 1. The Hall–Kier alpha value is -2.21. The van der Waals surface area contributed by atoms with E-state index < -0.39 is 35.6 Å². The van der Waals surface area contributed by atoms with Gasteiger partial charge in [0.1, 0.15) is 12.1 Å². The van der Waals surface area contributed by atoms with Crippen molar-refractivity contribution in [3.63, 3.8) is 0 Å². The summed E-state index contributed by atoms with van der Waals surface area (Å²) in [5.41, 5.74) is 7.05. The van der Waals surface area contributed by atoms with E-state index >= 15 is 0 Å². The van der Waals surface area contributed by atoms with Gasteiger partial charge in [0.15, 0.2) is 0 Å². The Morgan fingerprint density at radius 3 is 1.81 bits per heavy atom. The molecule has 27 heavy (non-hydrogen) atoms. The molecule has 2 rings (SSSR count). The lowest BCUT2D eigenvalue weighted by Gasteiger charge is -2.37. The summed E-state index contributed by atoms with van der Waals surface area (Å²) in [5, 5.41) is 21.5. The third-order valence-electron chi connectivity index (χ3n) is 4.86. The van der Waals surface area contributed by atoms with E-state index in [2.05, 4.69) is 0 Å². The SMILES string of the molecule is CN(C(=O)C(N)C(O)C(C)(C)C)C(c1ccccc1)C(O)c1ccccc1. The van der Waals surface area contributed by atoms with Gasteiger partial charge >= 0.3 is 0 Å². The molecule has 2 aromatic carbocycles. The van der Waals surface area contributed by atoms with E-state index in [0.717, 1.165) is 5.56 Å². The summed E-state index contributed by atoms with van der Waals surface area (Å²) in [6, 6.07) is 16.8. The van der Waals surface area contributed by atoms with Crippen LogP contribution in [0.1, 0.15) is 44.0 Å². The summed E-state index contributed by atoms with van der Waals surface area (Å²) in [5.74, 6) is -0.416. The molecule has 1 amide bonds. The van der Waals surface area contributed by atoms with Crippen LogP contribution < -0.4 is 5.73 Å². The van der Waals surface area contributed by atoms with E-state index in [9.17, 15) is 15.0 Å². The number of hydrogen-bond donors (Lipinski definition) is 3. The Kier molecular flexibility index (Phi) is 6.76. The zero-order valence-electron chi connectivity index (χ0n) is 16.4. The minimum absolute atomic E-state index is 0.416. The van der Waals surface area contributed by atoms with Gasteiger partial charge in [0.2, 0.25) is 5.91 Å². The number of amides is 1. The topological polar surface area (TPSA) is 86.8 Å². The highest BCUT2D eigenvalue weighted by Gasteiger charge is 2.38. The Balaban J connectivity index is 2.37. The number of rotatable bonds is 6. The zero-order chi connectivity index (χ0) is 20.2. The number of aliphatic hydroxyl groups is 2. The number of carbonyl (C=O) groups excluding carboxylic acids is 1. The number of hydrogen-bond acceptors (Lipinski definition) is 4. The van der Waals surface area contributed by atoms with Crippen LogP contribution in [0, 0.1) is 5.41 Å². The van der Waals surface area contributed by atoms with E-state index in [-0.39, 0.29) is 0 Å². The van der Waals surface area contributed by atoms with Crippen molar-refractivity contribution < 1.29 is 15.0 Å². The van der Waals surface area contributed by atoms with Gasteiger partial charge in [0.05, 0.1) is 12.1 Å². The molecule has 0 saturated carbocycles. The van der Waals surface area contributed by atoms with Crippen LogP contribution in [0.3, 0.4) is 0 Å². The van der Waals surface area contributed by atoms with Gasteiger partial charge in [-0.1, -0.05) is 81.4 Å². The van der Waals surface area contributed by atoms with Gasteiger partial charge in [-0.3, -0.25) is 4.79 Å². The van der Waals surface area contributed by atoms with Crippen molar-refractivity contribution in [1.29, 1.82) is 0 Å². The molecule has 0 aliphatic rings. The summed E-state index contributed by atoms with van der Waals surface area (Å²) in [7, 11) is 1.61. The van der Waals surface area contributed by atoms with Crippen LogP contribution in [0.2, 0.25) is 0 Å². The summed E-state index contributed by atoms with van der Waals surface area (Å²) >= 11 is 0. The van der Waals surface area contributed by atoms with Crippen molar-refractivity contribution in [2.75, 3.05) is 7.05 Å². The molecular weight excluding hydrogens is 340 g/mol. The monoisotopic (exact) mass is 370 g/mol. The highest BCUT2D eigenvalue weighted by atomic mass is 16.3. The molecule has 0 heterocycles. The lowest BCUT2D eigenvalue weighted by atomic mass is 9.84. The molecule has 0 aliphatic heterocycles. The largest absolute Gasteiger partial charge is 0.390 e. The summed E-state index contributed by atoms with van der Waals surface area (Å²) in [4.78, 5) is 14.4. The van der Waals surface area contributed by atoms with Crippen LogP contribution in [0.15, 0.2) is 60.7 Å². The molecule has 0 spiro atoms. The smallest absolute Gasteiger partial charge is 0.242 e. The molecule has 0 radical (unpaired) electrons. The van der Waals surface area contributed by atoms with Crippen LogP contribution in [-0.4, -0.2) is 40.2 Å². The first kappa shape index (κ1) is 21.1. The number of benzene rings is 2. The van der Waals surface area contributed by atoms with Crippen molar-refractivity contribution in [2.24, 2.45) is 11.1 Å². The van der Waals surface area contributed by atoms with Gasteiger partial charge in [0.25, 0.3) is 0 Å². The Bertz CT molecular complexity index is 728. The Labute approximate surface area is 161 Å². The lowest BCUT2D eigenvalue weighted by molar-refractivity contribution is -0.140. The number of carbonyl (C=O) groups is 1. The van der Waals surface area contributed by atoms with Crippen LogP contribution in [0.25, 0.3) is 0 Å². The van der Waals surface area contributed by atoms with Crippen LogP contribution in [0.5, 0.6) is 0 Å². The molecule has 0 fully saturated rings. The minimum Gasteiger partial charge on any atom is -0.390 e. The first-order valence-electron chi connectivity index (χ1n) is 9.13. The quantitative estimate of drug-likeness (QED) is 0.730. The summed E-state index contributed by atoms with van der Waals surface area (Å²) < 4.78 is 0. The molecule has 5 nitrogen and oxygen atoms in total. The summed E-state index contributed by atoms with van der Waals surface area (Å²) in [6.45, 7) is 5.49. The fourth-order valence-electron chi connectivity index (χ4n) is 3.15. The fraction of sp³-hybridized carbons (Fsp3) is 0.409. The molecule has 0 saturated heterocycles. The maximum atomic E-state index is 13.0. The molecular formula is C22H30N2O3. The predicted molar refractivity (Wildman–Crippen MR) is 107 cm³/mol. The van der Waals surface area contributed by atoms with Crippen molar-refractivity contribution >= 4 is 5.91 Å². The summed E-state index contributed by atoms with van der Waals surface area (Å²) in [6.07, 6.45) is -1.93. The van der Waals surface area contributed by atoms with Crippen LogP contribution in [0.4, 0.5) is 0 Å². The maximum Gasteiger partial charge on any atom is 0.242 e. The lowest BCUT2D eigenvalue weighted by Crippen LogP contribution is -2.54. The van der Waals surface area contributed by atoms with E-state index in [1.807, 2.05) is 81.4 Å². The third-order valence-corrected chi connectivity index (χ3v) is 4.86. The minimum atomic E-state index is -1.08. The maximum absolute atomic E-state index is 13.0. The first-order valence-corrected chi connectivity index (χ1v) is 9.13. The Morgan fingerprint density at radius 2 is 1.37 bits per heavy atom. The van der Waals surface area contributed by atoms with Crippen molar-refractivity contribution in [3.8, 4) is 0 Å². The molecule has 4 unspecified atom stereocenters. The van der Waals surface area contributed by atoms with Gasteiger partial charge in [0, 0.05) is 7.05 Å². The second kappa shape index (κ2) is 8.65. The normalized spacial score (nSPS) is 16.3. The average Bonchev–Trinajstić information content (AvgIpc) is 2.67. The molecule has 0 aromatic heterocycles. The van der Waals surface area contributed by atoms with E-state index in [0.29, 0.717) is 5.56 Å². The van der Waals surface area contributed by atoms with Gasteiger partial charge in [-0.25, -0.2) is 0 Å². The van der Waals surface area contributed by atoms with Gasteiger partial charge in [-0.15, -0.1) is 0 Å². The highest BCUT2D eigenvalue weighted by molar-refractivity contribution is 5.82. The van der Waals surface area contributed by atoms with Crippen molar-refractivity contribution in [3.05, 3.63) is 71.8 Å². The van der Waals surface area contributed by atoms with E-state index in [1.54, 1.807) is 7.05 Å².